The van der Waals surface area contributed by atoms with E-state index >= 15 is 0 Å². The lowest BCUT2D eigenvalue weighted by atomic mass is 9.86. The third kappa shape index (κ3) is 3.94. The van der Waals surface area contributed by atoms with Gasteiger partial charge in [0.05, 0.1) is 6.61 Å². The molecule has 1 heterocycles. The van der Waals surface area contributed by atoms with Crippen LogP contribution in [0.5, 0.6) is 11.5 Å². The van der Waals surface area contributed by atoms with Crippen molar-refractivity contribution in [3.63, 3.8) is 0 Å². The number of ether oxygens (including phenoxy) is 2. The number of fused-ring (bicyclic) bond motifs is 1. The minimum Gasteiger partial charge on any atom is -0.507 e. The van der Waals surface area contributed by atoms with Gasteiger partial charge in [-0.15, -0.1) is 0 Å². The van der Waals surface area contributed by atoms with Crippen molar-refractivity contribution in [2.75, 3.05) is 13.2 Å². The van der Waals surface area contributed by atoms with Crippen LogP contribution in [-0.2, 0) is 20.7 Å². The first-order valence-corrected chi connectivity index (χ1v) is 9.15. The fourth-order valence-corrected chi connectivity index (χ4v) is 3.26. The summed E-state index contributed by atoms with van der Waals surface area (Å²) >= 11 is 0. The summed E-state index contributed by atoms with van der Waals surface area (Å²) in [7, 11) is 0. The second kappa shape index (κ2) is 7.98. The summed E-state index contributed by atoms with van der Waals surface area (Å²) in [6.07, 6.45) is 2.02. The average molecular weight is 363 g/mol. The predicted octanol–water partition coefficient (Wildman–Crippen LogP) is 2.86. The van der Waals surface area contributed by atoms with Gasteiger partial charge in [0.15, 0.2) is 5.60 Å². The molecule has 1 amide bonds. The molecule has 0 aromatic heterocycles. The first-order chi connectivity index (χ1) is 12.2. The van der Waals surface area contributed by atoms with Gasteiger partial charge >= 0.3 is 5.97 Å². The van der Waals surface area contributed by atoms with Crippen molar-refractivity contribution in [1.29, 1.82) is 0 Å². The second-order valence-electron chi connectivity index (χ2n) is 7.03. The third-order valence-electron chi connectivity index (χ3n) is 5.15. The zero-order chi connectivity index (χ0) is 19.5. The largest absolute Gasteiger partial charge is 0.507 e. The minimum absolute atomic E-state index is 0.185. The van der Waals surface area contributed by atoms with E-state index in [-0.39, 0.29) is 18.3 Å². The predicted molar refractivity (Wildman–Crippen MR) is 98.5 cm³/mol. The number of amides is 1. The summed E-state index contributed by atoms with van der Waals surface area (Å²) in [5, 5.41) is 13.1. The molecule has 144 valence electrons. The van der Waals surface area contributed by atoms with Gasteiger partial charge in [-0.05, 0) is 64.2 Å². The van der Waals surface area contributed by atoms with E-state index in [1.807, 2.05) is 20.8 Å². The summed E-state index contributed by atoms with van der Waals surface area (Å²) in [5.74, 6) is 0.567. The molecule has 1 unspecified atom stereocenters. The van der Waals surface area contributed by atoms with E-state index in [1.54, 1.807) is 13.8 Å². The summed E-state index contributed by atoms with van der Waals surface area (Å²) in [5.41, 5.74) is 2.47. The van der Waals surface area contributed by atoms with Crippen LogP contribution in [0.3, 0.4) is 0 Å². The monoisotopic (exact) mass is 363 g/mol. The van der Waals surface area contributed by atoms with E-state index in [1.165, 1.54) is 0 Å². The van der Waals surface area contributed by atoms with E-state index in [0.29, 0.717) is 43.9 Å². The van der Waals surface area contributed by atoms with E-state index in [0.717, 1.165) is 22.3 Å². The van der Waals surface area contributed by atoms with Crippen molar-refractivity contribution in [2.45, 2.75) is 65.9 Å². The van der Waals surface area contributed by atoms with Crippen LogP contribution in [0.25, 0.3) is 0 Å². The fraction of sp³-hybridized carbons (Fsp3) is 0.600. The molecule has 0 saturated heterocycles. The zero-order valence-corrected chi connectivity index (χ0v) is 16.3. The SMILES string of the molecule is CCOC(=O)CCCNC(=O)C1(C)CCc2c(C)c(O)c(C)c(C)c2O1. The van der Waals surface area contributed by atoms with Gasteiger partial charge in [-0.3, -0.25) is 9.59 Å². The number of carbonyl (C=O) groups is 2. The van der Waals surface area contributed by atoms with Gasteiger partial charge in [0.2, 0.25) is 0 Å². The Bertz CT molecular complexity index is 713. The Morgan fingerprint density at radius 1 is 1.23 bits per heavy atom. The number of nitrogens with one attached hydrogen (secondary N) is 1. The van der Waals surface area contributed by atoms with E-state index < -0.39 is 5.60 Å². The average Bonchev–Trinajstić information content (AvgIpc) is 2.61. The highest BCUT2D eigenvalue weighted by molar-refractivity contribution is 5.85. The van der Waals surface area contributed by atoms with Crippen molar-refractivity contribution in [1.82, 2.24) is 5.32 Å². The maximum atomic E-state index is 12.6. The maximum Gasteiger partial charge on any atom is 0.305 e. The molecule has 0 bridgehead atoms. The molecule has 1 atom stereocenters. The van der Waals surface area contributed by atoms with Crippen LogP contribution in [0.4, 0.5) is 0 Å². The smallest absolute Gasteiger partial charge is 0.305 e. The summed E-state index contributed by atoms with van der Waals surface area (Å²) < 4.78 is 11.0. The number of esters is 1. The first-order valence-electron chi connectivity index (χ1n) is 9.15. The van der Waals surface area contributed by atoms with Crippen LogP contribution >= 0.6 is 0 Å². The van der Waals surface area contributed by atoms with Crippen molar-refractivity contribution in [3.05, 3.63) is 22.3 Å². The second-order valence-corrected chi connectivity index (χ2v) is 7.03. The Hall–Kier alpha value is -2.24. The van der Waals surface area contributed by atoms with Crippen LogP contribution in [0.2, 0.25) is 0 Å². The molecule has 0 aliphatic carbocycles. The Morgan fingerprint density at radius 3 is 2.58 bits per heavy atom. The quantitative estimate of drug-likeness (QED) is 0.600. The number of phenolic OH excluding ortho intramolecular Hbond substituents is 1. The maximum absolute atomic E-state index is 12.6. The van der Waals surface area contributed by atoms with Gasteiger partial charge in [0.1, 0.15) is 11.5 Å². The van der Waals surface area contributed by atoms with Crippen molar-refractivity contribution < 1.29 is 24.2 Å². The number of hydrogen-bond donors (Lipinski definition) is 2. The lowest BCUT2D eigenvalue weighted by Gasteiger charge is -2.36. The van der Waals surface area contributed by atoms with Crippen LogP contribution in [0.1, 0.15) is 55.4 Å². The molecular formula is C20H29NO5. The molecule has 2 rings (SSSR count). The van der Waals surface area contributed by atoms with Gasteiger partial charge in [-0.25, -0.2) is 0 Å². The Morgan fingerprint density at radius 2 is 1.92 bits per heavy atom. The third-order valence-corrected chi connectivity index (χ3v) is 5.15. The molecule has 1 aromatic rings. The van der Waals surface area contributed by atoms with Gasteiger partial charge in [0.25, 0.3) is 5.91 Å². The van der Waals surface area contributed by atoms with Crippen molar-refractivity contribution in [2.24, 2.45) is 0 Å². The lowest BCUT2D eigenvalue weighted by molar-refractivity contribution is -0.143. The number of carbonyl (C=O) groups excluding carboxylic acids is 2. The van der Waals surface area contributed by atoms with Gasteiger partial charge in [-0.1, -0.05) is 0 Å². The number of rotatable bonds is 6. The molecule has 0 saturated carbocycles. The molecule has 1 aliphatic rings. The highest BCUT2D eigenvalue weighted by Gasteiger charge is 2.40. The van der Waals surface area contributed by atoms with Crippen LogP contribution < -0.4 is 10.1 Å². The van der Waals surface area contributed by atoms with Crippen molar-refractivity contribution in [3.8, 4) is 11.5 Å². The Balaban J connectivity index is 2.04. The summed E-state index contributed by atoms with van der Waals surface area (Å²) in [6.45, 7) is 9.94. The van der Waals surface area contributed by atoms with Crippen LogP contribution in [0.15, 0.2) is 0 Å². The summed E-state index contributed by atoms with van der Waals surface area (Å²) in [6, 6.07) is 0. The summed E-state index contributed by atoms with van der Waals surface area (Å²) in [4.78, 5) is 24.0. The van der Waals surface area contributed by atoms with E-state index in [4.69, 9.17) is 9.47 Å². The number of aromatic hydroxyl groups is 1. The first kappa shape index (κ1) is 20.1. The Kier molecular flexibility index (Phi) is 6.16. The van der Waals surface area contributed by atoms with E-state index in [9.17, 15) is 14.7 Å². The normalized spacial score (nSPS) is 18.7. The van der Waals surface area contributed by atoms with Gasteiger partial charge < -0.3 is 19.9 Å². The molecule has 6 nitrogen and oxygen atoms in total. The molecule has 0 spiro atoms. The number of phenols is 1. The van der Waals surface area contributed by atoms with Gasteiger partial charge in [-0.2, -0.15) is 0 Å². The zero-order valence-electron chi connectivity index (χ0n) is 16.3. The molecule has 2 N–H and O–H groups in total. The number of benzene rings is 1. The molecular weight excluding hydrogens is 334 g/mol. The fourth-order valence-electron chi connectivity index (χ4n) is 3.26. The standard InChI is InChI=1S/C20H29NO5/c1-6-25-16(22)8-7-11-21-19(24)20(5)10-9-15-14(4)17(23)12(2)13(3)18(15)26-20/h23H,6-11H2,1-5H3,(H,21,24). The molecule has 0 radical (unpaired) electrons. The minimum atomic E-state index is -0.961. The van der Waals surface area contributed by atoms with Gasteiger partial charge in [0, 0.05) is 24.9 Å². The molecule has 1 aliphatic heterocycles. The lowest BCUT2D eigenvalue weighted by Crippen LogP contribution is -2.51. The van der Waals surface area contributed by atoms with Crippen LogP contribution in [0, 0.1) is 20.8 Å². The van der Waals surface area contributed by atoms with E-state index in [2.05, 4.69) is 5.32 Å². The number of hydrogen-bond acceptors (Lipinski definition) is 5. The topological polar surface area (TPSA) is 84.9 Å². The van der Waals surface area contributed by atoms with Crippen LogP contribution in [-0.4, -0.2) is 35.7 Å². The Labute approximate surface area is 154 Å². The highest BCUT2D eigenvalue weighted by Crippen LogP contribution is 2.43. The molecule has 26 heavy (non-hydrogen) atoms. The van der Waals surface area contributed by atoms with Crippen molar-refractivity contribution >= 4 is 11.9 Å². The highest BCUT2D eigenvalue weighted by atomic mass is 16.5. The molecule has 0 fully saturated rings. The molecule has 1 aromatic carbocycles. The molecule has 6 heteroatoms.